The smallest absolute Gasteiger partial charge is 0.311 e. The van der Waals surface area contributed by atoms with E-state index in [0.717, 1.165) is 22.3 Å². The molecule has 1 amide bonds. The van der Waals surface area contributed by atoms with Crippen molar-refractivity contribution in [3.63, 3.8) is 0 Å². The molecule has 1 N–H and O–H groups in total. The molecule has 0 heterocycles. The Kier molecular flexibility index (Phi) is 5.43. The highest BCUT2D eigenvalue weighted by Crippen LogP contribution is 2.37. The Labute approximate surface area is 170 Å². The van der Waals surface area contributed by atoms with Crippen molar-refractivity contribution in [2.75, 3.05) is 6.61 Å². The van der Waals surface area contributed by atoms with E-state index in [-0.39, 0.29) is 11.9 Å². The number of fused-ring (bicyclic) bond motifs is 1. The molecule has 0 spiro atoms. The number of ether oxygens (including phenoxy) is 1. The van der Waals surface area contributed by atoms with Gasteiger partial charge in [-0.1, -0.05) is 72.8 Å². The molecule has 29 heavy (non-hydrogen) atoms. The minimum absolute atomic E-state index is 0.194. The van der Waals surface area contributed by atoms with Crippen LogP contribution in [0.2, 0.25) is 0 Å². The van der Waals surface area contributed by atoms with E-state index < -0.39 is 12.0 Å². The predicted molar refractivity (Wildman–Crippen MR) is 112 cm³/mol. The third kappa shape index (κ3) is 3.79. The van der Waals surface area contributed by atoms with Crippen molar-refractivity contribution in [2.24, 2.45) is 5.92 Å². The highest BCUT2D eigenvalue weighted by molar-refractivity contribution is 6.01. The second-order valence-electron chi connectivity index (χ2n) is 7.12. The molecular formula is C25H23NO3. The zero-order chi connectivity index (χ0) is 20.2. The van der Waals surface area contributed by atoms with Gasteiger partial charge >= 0.3 is 5.97 Å². The van der Waals surface area contributed by atoms with E-state index in [1.165, 1.54) is 0 Å². The molecule has 1 aliphatic carbocycles. The Hall–Kier alpha value is -3.40. The van der Waals surface area contributed by atoms with Crippen molar-refractivity contribution in [3.8, 4) is 11.1 Å². The summed E-state index contributed by atoms with van der Waals surface area (Å²) < 4.78 is 5.28. The van der Waals surface area contributed by atoms with Crippen LogP contribution in [0.1, 0.15) is 34.5 Å². The fourth-order valence-corrected chi connectivity index (χ4v) is 4.01. The summed E-state index contributed by atoms with van der Waals surface area (Å²) in [6.07, 6.45) is 0.570. The first-order valence-corrected chi connectivity index (χ1v) is 9.88. The molecule has 3 aromatic rings. The Balaban J connectivity index is 1.66. The molecule has 0 fully saturated rings. The predicted octanol–water partition coefficient (Wildman–Crippen LogP) is 4.56. The molecule has 4 heteroatoms. The largest absolute Gasteiger partial charge is 0.466 e. The number of rotatable bonds is 5. The van der Waals surface area contributed by atoms with Gasteiger partial charge in [0.25, 0.3) is 5.91 Å². The van der Waals surface area contributed by atoms with Crippen LogP contribution >= 0.6 is 0 Å². The highest BCUT2D eigenvalue weighted by atomic mass is 16.5. The Morgan fingerprint density at radius 3 is 2.41 bits per heavy atom. The number of nitrogens with one attached hydrogen (secondary N) is 1. The number of amides is 1. The summed E-state index contributed by atoms with van der Waals surface area (Å²) in [6.45, 7) is 2.12. The van der Waals surface area contributed by atoms with Gasteiger partial charge in [0.15, 0.2) is 0 Å². The number of hydrogen-bond acceptors (Lipinski definition) is 3. The van der Waals surface area contributed by atoms with Crippen LogP contribution in [-0.4, -0.2) is 18.5 Å². The van der Waals surface area contributed by atoms with Gasteiger partial charge in [0.1, 0.15) is 0 Å². The van der Waals surface area contributed by atoms with Crippen LogP contribution < -0.4 is 5.32 Å². The topological polar surface area (TPSA) is 55.4 Å². The normalized spacial score (nSPS) is 17.4. The first kappa shape index (κ1) is 18.9. The van der Waals surface area contributed by atoms with Crippen LogP contribution in [0.5, 0.6) is 0 Å². The van der Waals surface area contributed by atoms with Crippen LogP contribution in [0.4, 0.5) is 0 Å². The van der Waals surface area contributed by atoms with E-state index in [0.29, 0.717) is 18.6 Å². The molecule has 0 aromatic heterocycles. The zero-order valence-corrected chi connectivity index (χ0v) is 16.3. The van der Waals surface area contributed by atoms with Gasteiger partial charge in [-0.15, -0.1) is 0 Å². The molecular weight excluding hydrogens is 362 g/mol. The van der Waals surface area contributed by atoms with Gasteiger partial charge in [-0.2, -0.15) is 0 Å². The lowest BCUT2D eigenvalue weighted by Gasteiger charge is -2.21. The van der Waals surface area contributed by atoms with Crippen molar-refractivity contribution in [1.29, 1.82) is 0 Å². The monoisotopic (exact) mass is 385 g/mol. The van der Waals surface area contributed by atoms with Crippen LogP contribution in [0.15, 0.2) is 78.9 Å². The minimum atomic E-state index is -0.416. The lowest BCUT2D eigenvalue weighted by molar-refractivity contribution is -0.148. The molecule has 1 aliphatic rings. The Morgan fingerprint density at radius 1 is 0.931 bits per heavy atom. The van der Waals surface area contributed by atoms with Gasteiger partial charge in [-0.3, -0.25) is 9.59 Å². The maximum atomic E-state index is 13.3. The van der Waals surface area contributed by atoms with E-state index in [1.54, 1.807) is 6.92 Å². The van der Waals surface area contributed by atoms with Crippen LogP contribution in [0.3, 0.4) is 0 Å². The highest BCUT2D eigenvalue weighted by Gasteiger charge is 2.39. The molecule has 0 saturated heterocycles. The molecule has 2 atom stereocenters. The third-order valence-electron chi connectivity index (χ3n) is 5.36. The van der Waals surface area contributed by atoms with E-state index >= 15 is 0 Å². The summed E-state index contributed by atoms with van der Waals surface area (Å²) in [7, 11) is 0. The summed E-state index contributed by atoms with van der Waals surface area (Å²) in [5, 5.41) is 3.11. The van der Waals surface area contributed by atoms with Crippen molar-refractivity contribution < 1.29 is 14.3 Å². The van der Waals surface area contributed by atoms with Crippen molar-refractivity contribution >= 4 is 11.9 Å². The van der Waals surface area contributed by atoms with E-state index in [9.17, 15) is 9.59 Å². The molecule has 0 radical (unpaired) electrons. The van der Waals surface area contributed by atoms with Gasteiger partial charge in [-0.25, -0.2) is 0 Å². The zero-order valence-electron chi connectivity index (χ0n) is 16.3. The number of benzene rings is 3. The SMILES string of the molecule is CCOC(=O)C1Cc2ccccc2C1NC(=O)c1ccccc1-c1ccccc1. The molecule has 4 nitrogen and oxygen atoms in total. The molecule has 4 rings (SSSR count). The van der Waals surface area contributed by atoms with Gasteiger partial charge in [0.2, 0.25) is 0 Å². The van der Waals surface area contributed by atoms with E-state index in [4.69, 9.17) is 4.74 Å². The lowest BCUT2D eigenvalue weighted by atomic mass is 9.97. The molecule has 0 aliphatic heterocycles. The third-order valence-corrected chi connectivity index (χ3v) is 5.36. The second-order valence-corrected chi connectivity index (χ2v) is 7.12. The van der Waals surface area contributed by atoms with E-state index in [2.05, 4.69) is 5.32 Å². The standard InChI is InChI=1S/C25H23NO3/c1-2-29-25(28)22-16-18-12-6-7-14-20(18)23(22)26-24(27)21-15-9-8-13-19(21)17-10-4-3-5-11-17/h3-15,22-23H,2,16H2,1H3,(H,26,27). The maximum Gasteiger partial charge on any atom is 0.311 e. The maximum absolute atomic E-state index is 13.3. The summed E-state index contributed by atoms with van der Waals surface area (Å²) in [6, 6.07) is 24.8. The summed E-state index contributed by atoms with van der Waals surface area (Å²) in [5.74, 6) is -0.883. The second kappa shape index (κ2) is 8.31. The summed E-state index contributed by atoms with van der Waals surface area (Å²) in [5.41, 5.74) is 4.49. The fourth-order valence-electron chi connectivity index (χ4n) is 4.01. The molecule has 3 aromatic carbocycles. The Bertz CT molecular complexity index is 1030. The lowest BCUT2D eigenvalue weighted by Crippen LogP contribution is -2.35. The number of esters is 1. The van der Waals surface area contributed by atoms with Gasteiger partial charge < -0.3 is 10.1 Å². The molecule has 146 valence electrons. The van der Waals surface area contributed by atoms with Gasteiger partial charge in [-0.05, 0) is 41.7 Å². The number of carbonyl (C=O) groups excluding carboxylic acids is 2. The number of carbonyl (C=O) groups is 2. The van der Waals surface area contributed by atoms with E-state index in [1.807, 2.05) is 78.9 Å². The molecule has 2 unspecified atom stereocenters. The first-order chi connectivity index (χ1) is 14.2. The molecule has 0 saturated carbocycles. The van der Waals surface area contributed by atoms with Crippen molar-refractivity contribution in [1.82, 2.24) is 5.32 Å². The summed E-state index contributed by atoms with van der Waals surface area (Å²) >= 11 is 0. The number of hydrogen-bond donors (Lipinski definition) is 1. The van der Waals surface area contributed by atoms with Crippen LogP contribution in [-0.2, 0) is 16.0 Å². The minimum Gasteiger partial charge on any atom is -0.466 e. The van der Waals surface area contributed by atoms with Gasteiger partial charge in [0.05, 0.1) is 18.6 Å². The van der Waals surface area contributed by atoms with Crippen molar-refractivity contribution in [3.05, 3.63) is 95.6 Å². The average Bonchev–Trinajstić information content (AvgIpc) is 3.13. The van der Waals surface area contributed by atoms with Crippen LogP contribution in [0.25, 0.3) is 11.1 Å². The fraction of sp³-hybridized carbons (Fsp3) is 0.200. The first-order valence-electron chi connectivity index (χ1n) is 9.88. The average molecular weight is 385 g/mol. The van der Waals surface area contributed by atoms with Crippen LogP contribution in [0, 0.1) is 5.92 Å². The molecule has 0 bridgehead atoms. The summed E-state index contributed by atoms with van der Waals surface area (Å²) in [4.78, 5) is 25.8. The quantitative estimate of drug-likeness (QED) is 0.655. The Morgan fingerprint density at radius 2 is 1.62 bits per heavy atom. The van der Waals surface area contributed by atoms with Crippen molar-refractivity contribution in [2.45, 2.75) is 19.4 Å². The van der Waals surface area contributed by atoms with Gasteiger partial charge in [0, 0.05) is 5.56 Å².